The van der Waals surface area contributed by atoms with Gasteiger partial charge >= 0.3 is 0 Å². The highest BCUT2D eigenvalue weighted by Gasteiger charge is 2.28. The molecular formula is C22H28N4O2. The summed E-state index contributed by atoms with van der Waals surface area (Å²) in [4.78, 5) is 36.2. The molecule has 6 nitrogen and oxygen atoms in total. The molecule has 2 fully saturated rings. The maximum absolute atomic E-state index is 13.0. The first-order chi connectivity index (χ1) is 13.6. The molecule has 0 N–H and O–H groups in total. The normalized spacial score (nSPS) is 21.1. The van der Waals surface area contributed by atoms with Crippen LogP contribution in [0, 0.1) is 0 Å². The number of fused-ring (bicyclic) bond motifs is 1. The Hall–Kier alpha value is -2.47. The van der Waals surface area contributed by atoms with Gasteiger partial charge in [-0.3, -0.25) is 19.5 Å². The van der Waals surface area contributed by atoms with Crippen molar-refractivity contribution in [2.75, 3.05) is 39.3 Å². The summed E-state index contributed by atoms with van der Waals surface area (Å²) in [5.41, 5.74) is 1.41. The van der Waals surface area contributed by atoms with E-state index in [1.165, 1.54) is 6.42 Å². The van der Waals surface area contributed by atoms with Crippen LogP contribution in [-0.4, -0.2) is 76.8 Å². The Morgan fingerprint density at radius 1 is 1.04 bits per heavy atom. The number of para-hydroxylation sites is 1. The van der Waals surface area contributed by atoms with Crippen LogP contribution in [0.3, 0.4) is 0 Å². The smallest absolute Gasteiger partial charge is 0.256 e. The van der Waals surface area contributed by atoms with E-state index in [1.54, 1.807) is 6.20 Å². The molecule has 0 aliphatic carbocycles. The van der Waals surface area contributed by atoms with Crippen molar-refractivity contribution in [2.24, 2.45) is 0 Å². The lowest BCUT2D eigenvalue weighted by molar-refractivity contribution is -0.136. The average Bonchev–Trinajstić information content (AvgIpc) is 2.73. The fraction of sp³-hybridized carbons (Fsp3) is 0.500. The van der Waals surface area contributed by atoms with Crippen LogP contribution in [0.25, 0.3) is 10.9 Å². The number of carbonyl (C=O) groups excluding carboxylic acids is 2. The van der Waals surface area contributed by atoms with E-state index in [0.29, 0.717) is 31.2 Å². The number of hydrogen-bond donors (Lipinski definition) is 0. The van der Waals surface area contributed by atoms with Crippen molar-refractivity contribution in [1.29, 1.82) is 0 Å². The number of nitrogens with zero attached hydrogens (tertiary/aromatic N) is 4. The number of carbonyl (C=O) groups is 2. The van der Waals surface area contributed by atoms with Gasteiger partial charge in [-0.15, -0.1) is 0 Å². The van der Waals surface area contributed by atoms with Crippen molar-refractivity contribution >= 4 is 22.7 Å². The topological polar surface area (TPSA) is 56.8 Å². The van der Waals surface area contributed by atoms with Gasteiger partial charge < -0.3 is 9.80 Å². The third-order valence-corrected chi connectivity index (χ3v) is 6.00. The van der Waals surface area contributed by atoms with Gasteiger partial charge in [-0.1, -0.05) is 18.2 Å². The molecule has 148 valence electrons. The Labute approximate surface area is 166 Å². The zero-order valence-electron chi connectivity index (χ0n) is 16.5. The Morgan fingerprint density at radius 2 is 1.82 bits per heavy atom. The number of hydrogen-bond acceptors (Lipinski definition) is 4. The Kier molecular flexibility index (Phi) is 5.57. The molecule has 1 aromatic carbocycles. The lowest BCUT2D eigenvalue weighted by Gasteiger charge is -2.38. The highest BCUT2D eigenvalue weighted by molar-refractivity contribution is 6.05. The van der Waals surface area contributed by atoms with Gasteiger partial charge in [0, 0.05) is 50.3 Å². The molecule has 2 aromatic rings. The van der Waals surface area contributed by atoms with E-state index in [0.717, 1.165) is 43.4 Å². The van der Waals surface area contributed by atoms with Gasteiger partial charge in [0.1, 0.15) is 0 Å². The Morgan fingerprint density at radius 3 is 2.61 bits per heavy atom. The number of amides is 2. The van der Waals surface area contributed by atoms with Crippen LogP contribution in [0.15, 0.2) is 36.5 Å². The van der Waals surface area contributed by atoms with E-state index in [4.69, 9.17) is 0 Å². The number of rotatable bonds is 3. The second-order valence-corrected chi connectivity index (χ2v) is 7.88. The quantitative estimate of drug-likeness (QED) is 0.821. The van der Waals surface area contributed by atoms with Crippen molar-refractivity contribution < 1.29 is 9.59 Å². The van der Waals surface area contributed by atoms with E-state index in [-0.39, 0.29) is 11.8 Å². The molecular weight excluding hydrogens is 352 g/mol. The molecule has 0 spiro atoms. The summed E-state index contributed by atoms with van der Waals surface area (Å²) >= 11 is 0. The number of likely N-dealkylation sites (tertiary alicyclic amines) is 1. The zero-order valence-corrected chi connectivity index (χ0v) is 16.5. The SMILES string of the molecule is CC1CCCCN1C(=O)CN1CCN(C(=O)c2cccc3cccnc23)CC1. The lowest BCUT2D eigenvalue weighted by Crippen LogP contribution is -2.53. The van der Waals surface area contributed by atoms with E-state index in [9.17, 15) is 9.59 Å². The monoisotopic (exact) mass is 380 g/mol. The number of piperazine rings is 1. The van der Waals surface area contributed by atoms with E-state index >= 15 is 0 Å². The Balaban J connectivity index is 1.36. The minimum absolute atomic E-state index is 0.0277. The summed E-state index contributed by atoms with van der Waals surface area (Å²) in [7, 11) is 0. The first-order valence-electron chi connectivity index (χ1n) is 10.3. The van der Waals surface area contributed by atoms with Gasteiger partial charge in [0.05, 0.1) is 17.6 Å². The minimum Gasteiger partial charge on any atom is -0.339 e. The molecule has 0 saturated carbocycles. The minimum atomic E-state index is 0.0277. The van der Waals surface area contributed by atoms with E-state index < -0.39 is 0 Å². The summed E-state index contributed by atoms with van der Waals surface area (Å²) in [6, 6.07) is 9.95. The highest BCUT2D eigenvalue weighted by Crippen LogP contribution is 2.19. The standard InChI is InChI=1S/C22H28N4O2/c1-17-6-2-3-11-26(17)20(27)16-24-12-14-25(15-13-24)22(28)19-9-4-7-18-8-5-10-23-21(18)19/h4-5,7-10,17H,2-3,6,11-16H2,1H3. The van der Waals surface area contributed by atoms with Gasteiger partial charge in [0.25, 0.3) is 5.91 Å². The van der Waals surface area contributed by atoms with Crippen molar-refractivity contribution in [3.8, 4) is 0 Å². The Bertz CT molecular complexity index is 855. The van der Waals surface area contributed by atoms with Gasteiger partial charge in [0.2, 0.25) is 5.91 Å². The second-order valence-electron chi connectivity index (χ2n) is 7.88. The molecule has 4 rings (SSSR count). The fourth-order valence-electron chi connectivity index (χ4n) is 4.31. The van der Waals surface area contributed by atoms with Crippen LogP contribution in [0.2, 0.25) is 0 Å². The summed E-state index contributed by atoms with van der Waals surface area (Å²) in [5.74, 6) is 0.255. The molecule has 0 bridgehead atoms. The number of piperidine rings is 1. The maximum atomic E-state index is 13.0. The van der Waals surface area contributed by atoms with Gasteiger partial charge in [-0.05, 0) is 38.3 Å². The van der Waals surface area contributed by atoms with Crippen molar-refractivity contribution in [1.82, 2.24) is 19.7 Å². The molecule has 0 radical (unpaired) electrons. The maximum Gasteiger partial charge on any atom is 0.256 e. The third kappa shape index (κ3) is 3.87. The van der Waals surface area contributed by atoms with Crippen LogP contribution < -0.4 is 0 Å². The van der Waals surface area contributed by atoms with Crippen molar-refractivity contribution in [2.45, 2.75) is 32.2 Å². The largest absolute Gasteiger partial charge is 0.339 e. The van der Waals surface area contributed by atoms with Gasteiger partial charge in [-0.2, -0.15) is 0 Å². The van der Waals surface area contributed by atoms with Gasteiger partial charge in [-0.25, -0.2) is 0 Å². The lowest BCUT2D eigenvalue weighted by atomic mass is 10.0. The summed E-state index contributed by atoms with van der Waals surface area (Å²) < 4.78 is 0. The predicted molar refractivity (Wildman–Crippen MR) is 109 cm³/mol. The van der Waals surface area contributed by atoms with Gasteiger partial charge in [0.15, 0.2) is 0 Å². The summed E-state index contributed by atoms with van der Waals surface area (Å²) in [6.07, 6.45) is 5.16. The van der Waals surface area contributed by atoms with E-state index in [1.807, 2.05) is 40.1 Å². The van der Waals surface area contributed by atoms with Crippen LogP contribution in [0.4, 0.5) is 0 Å². The molecule has 28 heavy (non-hydrogen) atoms. The third-order valence-electron chi connectivity index (χ3n) is 6.00. The zero-order chi connectivity index (χ0) is 19.5. The average molecular weight is 380 g/mol. The molecule has 1 aromatic heterocycles. The molecule has 2 aliphatic rings. The molecule has 1 atom stereocenters. The van der Waals surface area contributed by atoms with E-state index in [2.05, 4.69) is 16.8 Å². The van der Waals surface area contributed by atoms with Crippen LogP contribution in [0.5, 0.6) is 0 Å². The van der Waals surface area contributed by atoms with Crippen molar-refractivity contribution in [3.05, 3.63) is 42.1 Å². The molecule has 2 amide bonds. The summed E-state index contributed by atoms with van der Waals surface area (Å²) in [5, 5.41) is 0.980. The fourth-order valence-corrected chi connectivity index (χ4v) is 4.31. The number of benzene rings is 1. The first-order valence-corrected chi connectivity index (χ1v) is 10.3. The molecule has 3 heterocycles. The highest BCUT2D eigenvalue weighted by atomic mass is 16.2. The molecule has 2 aliphatic heterocycles. The first kappa shape index (κ1) is 18.9. The number of aromatic nitrogens is 1. The molecule has 1 unspecified atom stereocenters. The van der Waals surface area contributed by atoms with Crippen molar-refractivity contribution in [3.63, 3.8) is 0 Å². The number of pyridine rings is 1. The van der Waals surface area contributed by atoms with Crippen LogP contribution in [-0.2, 0) is 4.79 Å². The van der Waals surface area contributed by atoms with Crippen LogP contribution in [0.1, 0.15) is 36.5 Å². The molecule has 2 saturated heterocycles. The second kappa shape index (κ2) is 8.27. The summed E-state index contributed by atoms with van der Waals surface area (Å²) in [6.45, 7) is 6.24. The predicted octanol–water partition coefficient (Wildman–Crippen LogP) is 2.39. The molecule has 6 heteroatoms. The van der Waals surface area contributed by atoms with Crippen LogP contribution >= 0.6 is 0 Å².